The van der Waals surface area contributed by atoms with E-state index >= 15 is 0 Å². The van der Waals surface area contributed by atoms with Crippen molar-refractivity contribution < 1.29 is 32.2 Å². The number of hydrogen-bond donors (Lipinski definition) is 0. The molecule has 1 saturated heterocycles. The van der Waals surface area contributed by atoms with Crippen molar-refractivity contribution in [2.24, 2.45) is 0 Å². The van der Waals surface area contributed by atoms with E-state index in [1.54, 1.807) is 13.8 Å². The molecule has 0 saturated carbocycles. The monoisotopic (exact) mass is 323 g/mol. The quantitative estimate of drug-likeness (QED) is 0.667. The maximum Gasteiger partial charge on any atom is 0.508 e. The second kappa shape index (κ2) is 8.06. The molecule has 0 N–H and O–H groups in total. The molecule has 0 radical (unpaired) electrons. The molecule has 1 aliphatic heterocycles. The molecular weight excluding hydrogens is 302 g/mol. The molecule has 0 aliphatic carbocycles. The third-order valence-electron chi connectivity index (χ3n) is 2.97. The fourth-order valence-corrected chi connectivity index (χ4v) is 3.77. The summed E-state index contributed by atoms with van der Waals surface area (Å²) in [6.45, 7) is 3.69. The van der Waals surface area contributed by atoms with Gasteiger partial charge in [0.2, 0.25) is 0 Å². The van der Waals surface area contributed by atoms with Crippen molar-refractivity contribution in [3.63, 3.8) is 0 Å². The van der Waals surface area contributed by atoms with Gasteiger partial charge in [0.15, 0.2) is 9.84 Å². The highest BCUT2D eigenvalue weighted by molar-refractivity contribution is 7.91. The van der Waals surface area contributed by atoms with Crippen molar-refractivity contribution in [1.29, 1.82) is 0 Å². The Hall–Kier alpha value is -1.51. The van der Waals surface area contributed by atoms with Gasteiger partial charge in [0.05, 0.1) is 37.3 Å². The molecule has 0 spiro atoms. The molecule has 1 fully saturated rings. The molecule has 0 bridgehead atoms. The lowest BCUT2D eigenvalue weighted by Crippen LogP contribution is -2.43. The first kappa shape index (κ1) is 17.5. The lowest BCUT2D eigenvalue weighted by atomic mass is 10.2. The first-order valence-electron chi connectivity index (χ1n) is 6.83. The summed E-state index contributed by atoms with van der Waals surface area (Å²) in [5.41, 5.74) is 0. The number of nitrogens with zero attached hydrogens (tertiary/aromatic N) is 1. The standard InChI is InChI=1S/C12H21NO7S/c1-3-18-11(14)13(6-7-20-12(15)19-4-2)10-5-8-21(16,17)9-10/h10H,3-9H2,1-2H3. The zero-order chi connectivity index (χ0) is 15.9. The Labute approximate surface area is 124 Å². The van der Waals surface area contributed by atoms with E-state index in [0.29, 0.717) is 6.42 Å². The lowest BCUT2D eigenvalue weighted by molar-refractivity contribution is 0.0428. The summed E-state index contributed by atoms with van der Waals surface area (Å²) in [7, 11) is -3.12. The molecule has 0 aromatic rings. The Kier molecular flexibility index (Phi) is 6.73. The van der Waals surface area contributed by atoms with E-state index in [2.05, 4.69) is 4.74 Å². The van der Waals surface area contributed by atoms with Crippen LogP contribution in [0.4, 0.5) is 9.59 Å². The third-order valence-corrected chi connectivity index (χ3v) is 4.72. The van der Waals surface area contributed by atoms with Crippen LogP contribution in [0.25, 0.3) is 0 Å². The van der Waals surface area contributed by atoms with E-state index in [1.807, 2.05) is 0 Å². The van der Waals surface area contributed by atoms with Gasteiger partial charge >= 0.3 is 12.2 Å². The summed E-state index contributed by atoms with van der Waals surface area (Å²) in [6.07, 6.45) is -1.06. The molecule has 9 heteroatoms. The summed E-state index contributed by atoms with van der Waals surface area (Å²) >= 11 is 0. The Morgan fingerprint density at radius 2 is 1.81 bits per heavy atom. The van der Waals surface area contributed by atoms with Crippen LogP contribution in [0.2, 0.25) is 0 Å². The van der Waals surface area contributed by atoms with Gasteiger partial charge in [-0.15, -0.1) is 0 Å². The van der Waals surface area contributed by atoms with Crippen LogP contribution >= 0.6 is 0 Å². The predicted molar refractivity (Wildman–Crippen MR) is 73.8 cm³/mol. The first-order valence-corrected chi connectivity index (χ1v) is 8.65. The highest BCUT2D eigenvalue weighted by Gasteiger charge is 2.35. The van der Waals surface area contributed by atoms with Crippen molar-refractivity contribution in [2.45, 2.75) is 26.3 Å². The molecule has 1 rings (SSSR count). The average molecular weight is 323 g/mol. The number of amides is 1. The SMILES string of the molecule is CCOC(=O)OCCN(C(=O)OCC)C1CCS(=O)(=O)C1. The molecule has 1 amide bonds. The van der Waals surface area contributed by atoms with Crippen molar-refractivity contribution in [1.82, 2.24) is 4.90 Å². The lowest BCUT2D eigenvalue weighted by Gasteiger charge is -2.26. The van der Waals surface area contributed by atoms with Gasteiger partial charge in [-0.1, -0.05) is 0 Å². The van der Waals surface area contributed by atoms with Gasteiger partial charge < -0.3 is 19.1 Å². The molecule has 1 aliphatic rings. The van der Waals surface area contributed by atoms with Gasteiger partial charge in [-0.2, -0.15) is 0 Å². The number of carbonyl (C=O) groups is 2. The van der Waals surface area contributed by atoms with Crippen LogP contribution in [0, 0.1) is 0 Å². The molecule has 8 nitrogen and oxygen atoms in total. The van der Waals surface area contributed by atoms with E-state index in [9.17, 15) is 18.0 Å². The normalized spacial score (nSPS) is 19.8. The summed E-state index contributed by atoms with van der Waals surface area (Å²) in [6, 6.07) is -0.445. The first-order chi connectivity index (χ1) is 9.89. The summed E-state index contributed by atoms with van der Waals surface area (Å²) in [4.78, 5) is 24.2. The van der Waals surface area contributed by atoms with Crippen molar-refractivity contribution >= 4 is 22.1 Å². The average Bonchev–Trinajstić information content (AvgIpc) is 2.75. The minimum absolute atomic E-state index is 0.0479. The van der Waals surface area contributed by atoms with E-state index in [4.69, 9.17) is 9.47 Å². The fraction of sp³-hybridized carbons (Fsp3) is 0.833. The van der Waals surface area contributed by atoms with Gasteiger partial charge in [0.25, 0.3) is 0 Å². The van der Waals surface area contributed by atoms with E-state index in [0.717, 1.165) is 0 Å². The minimum Gasteiger partial charge on any atom is -0.450 e. The Morgan fingerprint density at radius 1 is 1.14 bits per heavy atom. The largest absolute Gasteiger partial charge is 0.508 e. The Bertz CT molecular complexity index is 462. The predicted octanol–water partition coefficient (Wildman–Crippen LogP) is 0.805. The van der Waals surface area contributed by atoms with Crippen LogP contribution in [0.3, 0.4) is 0 Å². The Balaban J connectivity index is 2.57. The smallest absolute Gasteiger partial charge is 0.450 e. The number of carbonyl (C=O) groups excluding carboxylic acids is 2. The maximum atomic E-state index is 11.9. The zero-order valence-electron chi connectivity index (χ0n) is 12.2. The molecule has 0 aromatic heterocycles. The van der Waals surface area contributed by atoms with E-state index < -0.39 is 28.1 Å². The van der Waals surface area contributed by atoms with E-state index in [-0.39, 0.29) is 37.9 Å². The summed E-state index contributed by atoms with van der Waals surface area (Å²) < 4.78 is 37.3. The molecule has 1 heterocycles. The maximum absolute atomic E-state index is 11.9. The molecular formula is C12H21NO7S. The number of sulfone groups is 1. The highest BCUT2D eigenvalue weighted by Crippen LogP contribution is 2.18. The topological polar surface area (TPSA) is 99.2 Å². The van der Waals surface area contributed by atoms with E-state index in [1.165, 1.54) is 4.90 Å². The minimum atomic E-state index is -3.12. The van der Waals surface area contributed by atoms with Gasteiger partial charge in [0, 0.05) is 0 Å². The van der Waals surface area contributed by atoms with Crippen LogP contribution < -0.4 is 0 Å². The molecule has 1 atom stereocenters. The second-order valence-electron chi connectivity index (χ2n) is 4.48. The third kappa shape index (κ3) is 5.78. The molecule has 21 heavy (non-hydrogen) atoms. The van der Waals surface area contributed by atoms with Crippen LogP contribution in [-0.2, 0) is 24.0 Å². The van der Waals surface area contributed by atoms with Gasteiger partial charge in [-0.3, -0.25) is 0 Å². The van der Waals surface area contributed by atoms with Gasteiger partial charge in [-0.25, -0.2) is 18.0 Å². The van der Waals surface area contributed by atoms with Gasteiger partial charge in [0.1, 0.15) is 6.61 Å². The van der Waals surface area contributed by atoms with Crippen molar-refractivity contribution in [2.75, 3.05) is 37.9 Å². The number of rotatable bonds is 6. The summed E-state index contributed by atoms with van der Waals surface area (Å²) in [5.74, 6) is -0.0441. The molecule has 0 aromatic carbocycles. The number of ether oxygens (including phenoxy) is 3. The zero-order valence-corrected chi connectivity index (χ0v) is 13.1. The Morgan fingerprint density at radius 3 is 2.33 bits per heavy atom. The van der Waals surface area contributed by atoms with Crippen LogP contribution in [-0.4, -0.2) is 69.5 Å². The summed E-state index contributed by atoms with van der Waals surface area (Å²) in [5, 5.41) is 0. The van der Waals surface area contributed by atoms with Crippen LogP contribution in [0.15, 0.2) is 0 Å². The van der Waals surface area contributed by atoms with Crippen LogP contribution in [0.5, 0.6) is 0 Å². The van der Waals surface area contributed by atoms with Crippen LogP contribution in [0.1, 0.15) is 20.3 Å². The van der Waals surface area contributed by atoms with Crippen molar-refractivity contribution in [3.05, 3.63) is 0 Å². The molecule has 1 unspecified atom stereocenters. The second-order valence-corrected chi connectivity index (χ2v) is 6.71. The number of hydrogen-bond acceptors (Lipinski definition) is 7. The fourth-order valence-electron chi connectivity index (χ4n) is 2.04. The molecule has 122 valence electrons. The van der Waals surface area contributed by atoms with Gasteiger partial charge in [-0.05, 0) is 20.3 Å². The van der Waals surface area contributed by atoms with Crippen molar-refractivity contribution in [3.8, 4) is 0 Å². The highest BCUT2D eigenvalue weighted by atomic mass is 32.2.